The van der Waals surface area contributed by atoms with Crippen molar-refractivity contribution in [1.29, 1.82) is 0 Å². The minimum Gasteiger partial charge on any atom is -0.484 e. The second-order valence-electron chi connectivity index (χ2n) is 7.17. The third-order valence-corrected chi connectivity index (χ3v) is 7.37. The van der Waals surface area contributed by atoms with Crippen molar-refractivity contribution < 1.29 is 17.9 Å². The average Bonchev–Trinajstić information content (AvgIpc) is 3.27. The molecule has 27 heavy (non-hydrogen) atoms. The lowest BCUT2D eigenvalue weighted by Gasteiger charge is -2.28. The Bertz CT molecular complexity index is 875. The Labute approximate surface area is 164 Å². The number of carbonyl (C=O) groups is 1. The van der Waals surface area contributed by atoms with Gasteiger partial charge >= 0.3 is 0 Å². The summed E-state index contributed by atoms with van der Waals surface area (Å²) in [6, 6.07) is 11.3. The van der Waals surface area contributed by atoms with E-state index in [1.165, 1.54) is 0 Å². The predicted molar refractivity (Wildman–Crippen MR) is 108 cm³/mol. The molecule has 1 saturated heterocycles. The summed E-state index contributed by atoms with van der Waals surface area (Å²) in [6.45, 7) is 4.54. The Morgan fingerprint density at radius 2 is 2.11 bits per heavy atom. The van der Waals surface area contributed by atoms with Crippen molar-refractivity contribution in [3.63, 3.8) is 0 Å². The van der Waals surface area contributed by atoms with E-state index in [0.29, 0.717) is 24.6 Å². The molecule has 1 aliphatic heterocycles. The predicted octanol–water partition coefficient (Wildman–Crippen LogP) is 3.47. The van der Waals surface area contributed by atoms with E-state index in [-0.39, 0.29) is 30.1 Å². The highest BCUT2D eigenvalue weighted by Gasteiger charge is 2.35. The molecule has 1 aromatic carbocycles. The molecule has 2 heterocycles. The summed E-state index contributed by atoms with van der Waals surface area (Å²) in [6.07, 6.45) is 0.488. The topological polar surface area (TPSA) is 63.7 Å². The molecule has 0 bridgehead atoms. The number of nitrogens with zero attached hydrogens (tertiary/aromatic N) is 1. The van der Waals surface area contributed by atoms with Crippen molar-refractivity contribution in [2.75, 3.05) is 18.1 Å². The molecule has 0 N–H and O–H groups in total. The van der Waals surface area contributed by atoms with Gasteiger partial charge in [-0.15, -0.1) is 11.3 Å². The Morgan fingerprint density at radius 3 is 2.74 bits per heavy atom. The van der Waals surface area contributed by atoms with Gasteiger partial charge in [-0.25, -0.2) is 8.42 Å². The van der Waals surface area contributed by atoms with Gasteiger partial charge in [-0.05, 0) is 41.5 Å². The van der Waals surface area contributed by atoms with Gasteiger partial charge in [-0.2, -0.15) is 0 Å². The molecule has 0 saturated carbocycles. The molecule has 5 nitrogen and oxygen atoms in total. The Balaban J connectivity index is 1.70. The van der Waals surface area contributed by atoms with E-state index < -0.39 is 9.84 Å². The number of hydrogen-bond donors (Lipinski definition) is 0. The molecule has 1 fully saturated rings. The number of rotatable bonds is 7. The fourth-order valence-electron chi connectivity index (χ4n) is 3.20. The third-order valence-electron chi connectivity index (χ3n) is 4.76. The Kier molecular flexibility index (Phi) is 6.22. The number of hydrogen-bond acceptors (Lipinski definition) is 5. The highest BCUT2D eigenvalue weighted by Crippen LogP contribution is 2.23. The van der Waals surface area contributed by atoms with E-state index >= 15 is 0 Å². The van der Waals surface area contributed by atoms with E-state index in [9.17, 15) is 13.2 Å². The summed E-state index contributed by atoms with van der Waals surface area (Å²) in [5.41, 5.74) is 1.15. The molecule has 0 aliphatic carbocycles. The maximum atomic E-state index is 12.9. The quantitative estimate of drug-likeness (QED) is 0.705. The van der Waals surface area contributed by atoms with Crippen LogP contribution >= 0.6 is 11.3 Å². The number of ether oxygens (including phenoxy) is 1. The molecule has 0 radical (unpaired) electrons. The van der Waals surface area contributed by atoms with Gasteiger partial charge in [0.2, 0.25) is 0 Å². The first-order valence-electron chi connectivity index (χ1n) is 9.09. The normalized spacial score (nSPS) is 18.6. The van der Waals surface area contributed by atoms with Gasteiger partial charge in [0.25, 0.3) is 5.91 Å². The molecule has 1 atom stereocenters. The zero-order valence-corrected chi connectivity index (χ0v) is 17.3. The third kappa shape index (κ3) is 5.32. The van der Waals surface area contributed by atoms with Gasteiger partial charge in [0.05, 0.1) is 18.1 Å². The highest BCUT2D eigenvalue weighted by molar-refractivity contribution is 7.91. The molecule has 2 aromatic rings. The Hall–Kier alpha value is -1.86. The average molecular weight is 408 g/mol. The monoisotopic (exact) mass is 407 g/mol. The number of amides is 1. The molecular weight excluding hydrogens is 382 g/mol. The summed E-state index contributed by atoms with van der Waals surface area (Å²) in [5.74, 6) is 1.03. The van der Waals surface area contributed by atoms with Crippen LogP contribution in [0.15, 0.2) is 41.8 Å². The molecule has 0 spiro atoms. The number of benzene rings is 1. The van der Waals surface area contributed by atoms with E-state index in [1.54, 1.807) is 16.2 Å². The molecular formula is C20H25NO4S2. The second kappa shape index (κ2) is 8.44. The fraction of sp³-hybridized carbons (Fsp3) is 0.450. The number of sulfone groups is 1. The van der Waals surface area contributed by atoms with Crippen LogP contribution in [0.4, 0.5) is 0 Å². The van der Waals surface area contributed by atoms with E-state index in [4.69, 9.17) is 4.74 Å². The summed E-state index contributed by atoms with van der Waals surface area (Å²) in [5, 5.41) is 1.96. The van der Waals surface area contributed by atoms with Gasteiger partial charge < -0.3 is 9.64 Å². The van der Waals surface area contributed by atoms with Gasteiger partial charge in [0, 0.05) is 10.9 Å². The van der Waals surface area contributed by atoms with Crippen molar-refractivity contribution in [1.82, 2.24) is 4.90 Å². The fourth-order valence-corrected chi connectivity index (χ4v) is 5.64. The maximum absolute atomic E-state index is 12.9. The minimum absolute atomic E-state index is 0.0347. The van der Waals surface area contributed by atoms with Crippen molar-refractivity contribution in [2.24, 2.45) is 0 Å². The highest BCUT2D eigenvalue weighted by atomic mass is 32.2. The lowest BCUT2D eigenvalue weighted by molar-refractivity contribution is -0.135. The van der Waals surface area contributed by atoms with Crippen LogP contribution in [0.25, 0.3) is 0 Å². The van der Waals surface area contributed by atoms with Crippen LogP contribution in [0.5, 0.6) is 5.75 Å². The van der Waals surface area contributed by atoms with E-state index in [1.807, 2.05) is 41.8 Å². The zero-order valence-electron chi connectivity index (χ0n) is 15.6. The van der Waals surface area contributed by atoms with Crippen LogP contribution in [-0.4, -0.2) is 43.4 Å². The minimum atomic E-state index is -3.07. The smallest absolute Gasteiger partial charge is 0.261 e. The largest absolute Gasteiger partial charge is 0.484 e. The number of carbonyl (C=O) groups excluding carboxylic acids is 1. The molecule has 7 heteroatoms. The summed E-state index contributed by atoms with van der Waals surface area (Å²) in [7, 11) is -3.07. The molecule has 1 aliphatic rings. The molecule has 146 valence electrons. The SMILES string of the molecule is CC(C)c1cccc(OCC(=O)N(Cc2cccs2)[C@@H]2CCS(=O)(=O)C2)c1. The van der Waals surface area contributed by atoms with E-state index in [2.05, 4.69) is 13.8 Å². The molecule has 0 unspecified atom stereocenters. The standard InChI is InChI=1S/C20H25NO4S2/c1-15(2)16-5-3-6-18(11-16)25-13-20(22)21(12-19-7-4-9-26-19)17-8-10-27(23,24)14-17/h3-7,9,11,15,17H,8,10,12-14H2,1-2H3/t17-/m1/s1. The van der Waals surface area contributed by atoms with Gasteiger partial charge in [0.1, 0.15) is 5.75 Å². The first-order chi connectivity index (χ1) is 12.8. The van der Waals surface area contributed by atoms with Gasteiger partial charge in [0.15, 0.2) is 16.4 Å². The summed E-state index contributed by atoms with van der Waals surface area (Å²) < 4.78 is 29.5. The first kappa shape index (κ1) is 19.9. The number of thiophene rings is 1. The Morgan fingerprint density at radius 1 is 1.30 bits per heavy atom. The van der Waals surface area contributed by atoms with E-state index in [0.717, 1.165) is 10.4 Å². The maximum Gasteiger partial charge on any atom is 0.261 e. The van der Waals surface area contributed by atoms with Crippen LogP contribution in [0.2, 0.25) is 0 Å². The lowest BCUT2D eigenvalue weighted by Crippen LogP contribution is -2.42. The van der Waals surface area contributed by atoms with Gasteiger partial charge in [-0.1, -0.05) is 32.0 Å². The summed E-state index contributed by atoms with van der Waals surface area (Å²) >= 11 is 1.56. The van der Waals surface area contributed by atoms with Crippen molar-refractivity contribution in [2.45, 2.75) is 38.8 Å². The van der Waals surface area contributed by atoms with Crippen molar-refractivity contribution in [3.8, 4) is 5.75 Å². The second-order valence-corrected chi connectivity index (χ2v) is 10.4. The summed E-state index contributed by atoms with van der Waals surface area (Å²) in [4.78, 5) is 15.6. The lowest BCUT2D eigenvalue weighted by atomic mass is 10.0. The first-order valence-corrected chi connectivity index (χ1v) is 11.8. The van der Waals surface area contributed by atoms with Crippen molar-refractivity contribution >= 4 is 27.1 Å². The molecule has 1 amide bonds. The molecule has 3 rings (SSSR count). The molecule has 1 aromatic heterocycles. The van der Waals surface area contributed by atoms with Crippen LogP contribution in [0, 0.1) is 0 Å². The van der Waals surface area contributed by atoms with Crippen LogP contribution < -0.4 is 4.74 Å². The van der Waals surface area contributed by atoms with Crippen LogP contribution in [0.1, 0.15) is 36.6 Å². The van der Waals surface area contributed by atoms with Crippen molar-refractivity contribution in [3.05, 3.63) is 52.2 Å². The zero-order chi connectivity index (χ0) is 19.4. The van der Waals surface area contributed by atoms with Gasteiger partial charge in [-0.3, -0.25) is 4.79 Å². The van der Waals surface area contributed by atoms with Crippen LogP contribution in [-0.2, 0) is 21.2 Å². The van der Waals surface area contributed by atoms with Crippen LogP contribution in [0.3, 0.4) is 0 Å².